The molecule has 0 fully saturated rings. The van der Waals surface area contributed by atoms with Crippen molar-refractivity contribution in [3.63, 3.8) is 0 Å². The molecule has 3 aromatic carbocycles. The molecule has 174 valence electrons. The number of hydrogen-bond donors (Lipinski definition) is 1. The van der Waals surface area contributed by atoms with E-state index < -0.39 is 10.0 Å². The molecule has 0 atom stereocenters. The molecule has 9 heteroatoms. The van der Waals surface area contributed by atoms with Crippen LogP contribution >= 0.6 is 11.6 Å². The van der Waals surface area contributed by atoms with Gasteiger partial charge in [-0.1, -0.05) is 66.2 Å². The summed E-state index contributed by atoms with van der Waals surface area (Å²) < 4.78 is 29.7. The summed E-state index contributed by atoms with van der Waals surface area (Å²) in [5, 5.41) is 0.0247. The Hall–Kier alpha value is -4.01. The zero-order valence-electron chi connectivity index (χ0n) is 18.3. The third-order valence-electron chi connectivity index (χ3n) is 5.50. The molecule has 35 heavy (non-hydrogen) atoms. The van der Waals surface area contributed by atoms with Gasteiger partial charge in [-0.05, 0) is 41.5 Å². The molecule has 0 aliphatic carbocycles. The van der Waals surface area contributed by atoms with Crippen LogP contribution < -0.4 is 10.3 Å². The third kappa shape index (κ3) is 4.80. The summed E-state index contributed by atoms with van der Waals surface area (Å²) in [6.45, 7) is 0.392. The van der Waals surface area contributed by atoms with Gasteiger partial charge in [0.2, 0.25) is 0 Å². The molecule has 1 N–H and O–H groups in total. The molecule has 7 nitrogen and oxygen atoms in total. The second-order valence-electron chi connectivity index (χ2n) is 7.85. The van der Waals surface area contributed by atoms with Crippen LogP contribution in [0, 0.1) is 0 Å². The van der Waals surface area contributed by atoms with Crippen molar-refractivity contribution in [2.75, 3.05) is 4.72 Å². The Morgan fingerprint density at radius 3 is 2.29 bits per heavy atom. The zero-order chi connectivity index (χ0) is 24.4. The Balaban J connectivity index is 1.56. The summed E-state index contributed by atoms with van der Waals surface area (Å²) in [5.41, 5.74) is 3.60. The quantitative estimate of drug-likeness (QED) is 0.331. The topological polar surface area (TPSA) is 94.0 Å². The Morgan fingerprint density at radius 2 is 1.54 bits per heavy atom. The largest absolute Gasteiger partial charge is 0.301 e. The van der Waals surface area contributed by atoms with E-state index in [0.717, 1.165) is 11.1 Å². The number of pyridine rings is 1. The number of anilines is 1. The molecule has 0 saturated carbocycles. The van der Waals surface area contributed by atoms with Crippen LogP contribution in [0.4, 0.5) is 5.69 Å². The number of hydrogen-bond acceptors (Lipinski definition) is 5. The van der Waals surface area contributed by atoms with Gasteiger partial charge in [0.05, 0.1) is 34.4 Å². The maximum absolute atomic E-state index is 12.8. The fraction of sp³-hybridized carbons (Fsp3) is 0.0385. The smallest absolute Gasteiger partial charge is 0.269 e. The lowest BCUT2D eigenvalue weighted by Crippen LogP contribution is -2.21. The molecule has 5 aromatic rings. The number of fused-ring (bicyclic) bond motifs is 1. The molecule has 0 amide bonds. The van der Waals surface area contributed by atoms with Crippen LogP contribution in [-0.2, 0) is 16.6 Å². The first-order chi connectivity index (χ1) is 16.9. The molecule has 0 aliphatic rings. The van der Waals surface area contributed by atoms with Crippen molar-refractivity contribution < 1.29 is 8.42 Å². The Labute approximate surface area is 206 Å². The fourth-order valence-corrected chi connectivity index (χ4v) is 5.04. The van der Waals surface area contributed by atoms with Gasteiger partial charge in [-0.2, -0.15) is 0 Å². The van der Waals surface area contributed by atoms with Crippen molar-refractivity contribution in [1.29, 1.82) is 0 Å². The van der Waals surface area contributed by atoms with Gasteiger partial charge in [0.25, 0.3) is 15.6 Å². The number of nitrogens with one attached hydrogen (secondary N) is 1. The highest BCUT2D eigenvalue weighted by Gasteiger charge is 2.17. The van der Waals surface area contributed by atoms with Gasteiger partial charge in [-0.3, -0.25) is 9.52 Å². The van der Waals surface area contributed by atoms with Gasteiger partial charge in [-0.25, -0.2) is 18.4 Å². The normalized spacial score (nSPS) is 11.5. The number of halogens is 1. The van der Waals surface area contributed by atoms with Crippen molar-refractivity contribution >= 4 is 38.3 Å². The van der Waals surface area contributed by atoms with Gasteiger partial charge in [0.15, 0.2) is 5.15 Å². The first-order valence-electron chi connectivity index (χ1n) is 10.7. The van der Waals surface area contributed by atoms with Crippen molar-refractivity contribution in [3.8, 4) is 11.1 Å². The van der Waals surface area contributed by atoms with Crippen LogP contribution in [0.1, 0.15) is 5.56 Å². The van der Waals surface area contributed by atoms with Gasteiger partial charge >= 0.3 is 0 Å². The highest BCUT2D eigenvalue weighted by atomic mass is 35.5. The monoisotopic (exact) mass is 502 g/mol. The van der Waals surface area contributed by atoms with Crippen molar-refractivity contribution in [2.24, 2.45) is 0 Å². The maximum Gasteiger partial charge on any atom is 0.269 e. The van der Waals surface area contributed by atoms with E-state index in [9.17, 15) is 13.2 Å². The van der Waals surface area contributed by atoms with Crippen LogP contribution in [0.25, 0.3) is 22.2 Å². The number of sulfonamides is 1. The highest BCUT2D eigenvalue weighted by molar-refractivity contribution is 7.92. The SMILES string of the molecule is O=c1cnc2ccc(-c3cnc(Cl)c(NS(=O)(=O)c4ccccc4)c3)cc2n1Cc1ccccc1. The molecule has 0 spiro atoms. The van der Waals surface area contributed by atoms with Crippen LogP contribution in [-0.4, -0.2) is 23.0 Å². The summed E-state index contributed by atoms with van der Waals surface area (Å²) in [6.07, 6.45) is 2.87. The predicted octanol–water partition coefficient (Wildman–Crippen LogP) is 4.96. The number of nitrogens with zero attached hydrogens (tertiary/aromatic N) is 3. The predicted molar refractivity (Wildman–Crippen MR) is 137 cm³/mol. The average molecular weight is 503 g/mol. The molecule has 0 saturated heterocycles. The summed E-state index contributed by atoms with van der Waals surface area (Å²) >= 11 is 6.22. The van der Waals surface area contributed by atoms with Crippen LogP contribution in [0.2, 0.25) is 5.15 Å². The van der Waals surface area contributed by atoms with E-state index in [1.165, 1.54) is 18.3 Å². The minimum atomic E-state index is -3.85. The van der Waals surface area contributed by atoms with Gasteiger partial charge < -0.3 is 4.57 Å². The van der Waals surface area contributed by atoms with E-state index in [2.05, 4.69) is 14.7 Å². The summed E-state index contributed by atoms with van der Waals surface area (Å²) in [7, 11) is -3.85. The Kier molecular flexibility index (Phi) is 6.07. The van der Waals surface area contributed by atoms with Crippen LogP contribution in [0.3, 0.4) is 0 Å². The molecule has 2 aromatic heterocycles. The van der Waals surface area contributed by atoms with E-state index in [1.807, 2.05) is 48.5 Å². The van der Waals surface area contributed by atoms with E-state index in [1.54, 1.807) is 35.0 Å². The van der Waals surface area contributed by atoms with Gasteiger partial charge in [0, 0.05) is 11.8 Å². The Morgan fingerprint density at radius 1 is 0.829 bits per heavy atom. The minimum absolute atomic E-state index is 0.0247. The lowest BCUT2D eigenvalue weighted by molar-refractivity contribution is 0.601. The molecule has 0 bridgehead atoms. The number of benzene rings is 3. The summed E-state index contributed by atoms with van der Waals surface area (Å²) in [5.74, 6) is 0. The van der Waals surface area contributed by atoms with E-state index in [0.29, 0.717) is 23.1 Å². The van der Waals surface area contributed by atoms with Crippen molar-refractivity contribution in [2.45, 2.75) is 11.4 Å². The van der Waals surface area contributed by atoms with Gasteiger partial charge in [-0.15, -0.1) is 0 Å². The molecule has 0 radical (unpaired) electrons. The first-order valence-corrected chi connectivity index (χ1v) is 12.5. The molecular weight excluding hydrogens is 484 g/mol. The van der Waals surface area contributed by atoms with E-state index in [-0.39, 0.29) is 21.3 Å². The average Bonchev–Trinajstić information content (AvgIpc) is 2.88. The summed E-state index contributed by atoms with van der Waals surface area (Å²) in [6, 6.07) is 24.8. The van der Waals surface area contributed by atoms with Crippen molar-refractivity contribution in [3.05, 3.63) is 118 Å². The maximum atomic E-state index is 12.8. The molecule has 0 unspecified atom stereocenters. The first kappa shape index (κ1) is 22.8. The fourth-order valence-electron chi connectivity index (χ4n) is 3.75. The Bertz CT molecular complexity index is 1690. The number of aromatic nitrogens is 3. The minimum Gasteiger partial charge on any atom is -0.301 e. The van der Waals surface area contributed by atoms with Crippen LogP contribution in [0.15, 0.2) is 107 Å². The molecule has 2 heterocycles. The van der Waals surface area contributed by atoms with Crippen LogP contribution in [0.5, 0.6) is 0 Å². The molecule has 0 aliphatic heterocycles. The van der Waals surface area contributed by atoms with E-state index in [4.69, 9.17) is 11.6 Å². The van der Waals surface area contributed by atoms with E-state index >= 15 is 0 Å². The third-order valence-corrected chi connectivity index (χ3v) is 7.18. The van der Waals surface area contributed by atoms with Gasteiger partial charge in [0.1, 0.15) is 0 Å². The zero-order valence-corrected chi connectivity index (χ0v) is 19.9. The summed E-state index contributed by atoms with van der Waals surface area (Å²) in [4.78, 5) is 21.2. The lowest BCUT2D eigenvalue weighted by atomic mass is 10.1. The molecular formula is C26H19ClN4O3S. The lowest BCUT2D eigenvalue weighted by Gasteiger charge is -2.13. The van der Waals surface area contributed by atoms with Crippen molar-refractivity contribution in [1.82, 2.24) is 14.5 Å². The number of rotatable bonds is 6. The second-order valence-corrected chi connectivity index (χ2v) is 9.89. The highest BCUT2D eigenvalue weighted by Crippen LogP contribution is 2.30. The molecule has 5 rings (SSSR count). The standard InChI is InChI=1S/C26H19ClN4O3S/c27-26-23(30-35(33,34)21-9-5-2-6-10-21)13-20(15-29-26)19-11-12-22-24(14-19)31(25(32)16-28-22)17-18-7-3-1-4-8-18/h1-16,30H,17H2. The second kappa shape index (κ2) is 9.32.